The quantitative estimate of drug-likeness (QED) is 0.628. The second-order valence-corrected chi connectivity index (χ2v) is 6.20. The van der Waals surface area contributed by atoms with Crippen molar-refractivity contribution in [2.24, 2.45) is 0 Å². The van der Waals surface area contributed by atoms with Crippen LogP contribution in [-0.4, -0.2) is 12.1 Å². The van der Waals surface area contributed by atoms with E-state index in [1.807, 2.05) is 36.4 Å². The van der Waals surface area contributed by atoms with E-state index in [2.05, 4.69) is 29.4 Å². The van der Waals surface area contributed by atoms with Gasteiger partial charge >= 0.3 is 0 Å². The molecule has 0 saturated heterocycles. The average Bonchev–Trinajstić information content (AvgIpc) is 3.12. The van der Waals surface area contributed by atoms with E-state index >= 15 is 0 Å². The first-order valence-corrected chi connectivity index (χ1v) is 8.65. The maximum atomic E-state index is 5.96. The maximum Gasteiger partial charge on any atom is 0.226 e. The Morgan fingerprint density at radius 1 is 1.12 bits per heavy atom. The Balaban J connectivity index is 1.65. The molecule has 0 radical (unpaired) electrons. The van der Waals surface area contributed by atoms with Crippen molar-refractivity contribution in [2.45, 2.75) is 25.9 Å². The normalized spacial score (nSPS) is 12.1. The first kappa shape index (κ1) is 17.5. The Kier molecular flexibility index (Phi) is 5.74. The monoisotopic (exact) mass is 356 g/mol. The molecule has 130 valence electrons. The number of rotatable bonds is 7. The second kappa shape index (κ2) is 8.19. The molecule has 1 unspecified atom stereocenters. The Hall–Kier alpha value is -2.30. The Bertz CT molecular complexity index is 797. The highest BCUT2D eigenvalue weighted by molar-refractivity contribution is 6.30. The predicted molar refractivity (Wildman–Crippen MR) is 99.8 cm³/mol. The molecule has 0 aliphatic carbocycles. The summed E-state index contributed by atoms with van der Waals surface area (Å²) in [6.45, 7) is 2.79. The largest absolute Gasteiger partial charge is 0.497 e. The van der Waals surface area contributed by atoms with Crippen LogP contribution in [0.4, 0.5) is 0 Å². The van der Waals surface area contributed by atoms with Gasteiger partial charge in [-0.25, -0.2) is 4.98 Å². The molecular weight excluding hydrogens is 336 g/mol. The molecule has 5 heteroatoms. The van der Waals surface area contributed by atoms with Gasteiger partial charge in [0.1, 0.15) is 12.0 Å². The highest BCUT2D eigenvalue weighted by Crippen LogP contribution is 2.23. The first-order valence-electron chi connectivity index (χ1n) is 8.27. The topological polar surface area (TPSA) is 47.3 Å². The van der Waals surface area contributed by atoms with E-state index in [4.69, 9.17) is 20.8 Å². The minimum Gasteiger partial charge on any atom is -0.497 e. The number of hydrogen-bond donors (Lipinski definition) is 1. The van der Waals surface area contributed by atoms with E-state index in [9.17, 15) is 0 Å². The molecule has 1 atom stereocenters. The van der Waals surface area contributed by atoms with Crippen molar-refractivity contribution in [1.29, 1.82) is 0 Å². The fourth-order valence-corrected chi connectivity index (χ4v) is 2.80. The van der Waals surface area contributed by atoms with Crippen LogP contribution < -0.4 is 10.1 Å². The first-order chi connectivity index (χ1) is 12.2. The molecule has 25 heavy (non-hydrogen) atoms. The number of oxazole rings is 1. The number of halogens is 1. The van der Waals surface area contributed by atoms with Gasteiger partial charge in [0.05, 0.1) is 12.8 Å². The van der Waals surface area contributed by atoms with Crippen molar-refractivity contribution < 1.29 is 9.15 Å². The van der Waals surface area contributed by atoms with E-state index in [1.54, 1.807) is 13.4 Å². The number of nitrogens with zero attached hydrogens (tertiary/aromatic N) is 1. The number of aromatic nitrogens is 1. The van der Waals surface area contributed by atoms with Crippen LogP contribution in [0, 0.1) is 0 Å². The molecule has 0 bridgehead atoms. The van der Waals surface area contributed by atoms with Crippen LogP contribution in [0.1, 0.15) is 30.6 Å². The minimum atomic E-state index is 0.249. The number of benzene rings is 2. The molecule has 2 aromatic carbocycles. The number of nitrogens with one attached hydrogen (secondary N) is 1. The molecule has 1 N–H and O–H groups in total. The molecule has 3 rings (SSSR count). The highest BCUT2D eigenvalue weighted by atomic mass is 35.5. The summed E-state index contributed by atoms with van der Waals surface area (Å²) in [7, 11) is 1.65. The Morgan fingerprint density at radius 3 is 2.48 bits per heavy atom. The fourth-order valence-electron chi connectivity index (χ4n) is 2.68. The summed E-state index contributed by atoms with van der Waals surface area (Å²) in [6.07, 6.45) is 2.67. The lowest BCUT2D eigenvalue weighted by atomic mass is 10.0. The molecule has 0 fully saturated rings. The third-order valence-corrected chi connectivity index (χ3v) is 4.35. The van der Waals surface area contributed by atoms with Crippen LogP contribution in [0.2, 0.25) is 5.02 Å². The van der Waals surface area contributed by atoms with Crippen molar-refractivity contribution in [3.8, 4) is 17.2 Å². The van der Waals surface area contributed by atoms with Gasteiger partial charge in [-0.3, -0.25) is 0 Å². The zero-order chi connectivity index (χ0) is 17.6. The van der Waals surface area contributed by atoms with Gasteiger partial charge in [-0.15, -0.1) is 0 Å². The zero-order valence-electron chi connectivity index (χ0n) is 14.3. The maximum absolute atomic E-state index is 5.96. The van der Waals surface area contributed by atoms with Crippen molar-refractivity contribution in [1.82, 2.24) is 10.3 Å². The van der Waals surface area contributed by atoms with E-state index in [1.165, 1.54) is 5.56 Å². The van der Waals surface area contributed by atoms with Crippen molar-refractivity contribution in [2.75, 3.05) is 7.11 Å². The van der Waals surface area contributed by atoms with Gasteiger partial charge in [-0.1, -0.05) is 30.7 Å². The summed E-state index contributed by atoms with van der Waals surface area (Å²) in [4.78, 5) is 4.56. The zero-order valence-corrected chi connectivity index (χ0v) is 15.1. The van der Waals surface area contributed by atoms with Crippen molar-refractivity contribution >= 4 is 11.6 Å². The second-order valence-electron chi connectivity index (χ2n) is 5.77. The third-order valence-electron chi connectivity index (χ3n) is 4.10. The Morgan fingerprint density at radius 2 is 1.84 bits per heavy atom. The minimum absolute atomic E-state index is 0.249. The number of methoxy groups -OCH3 is 1. The van der Waals surface area contributed by atoms with E-state index in [-0.39, 0.29) is 6.04 Å². The van der Waals surface area contributed by atoms with Crippen molar-refractivity contribution in [3.05, 3.63) is 71.1 Å². The van der Waals surface area contributed by atoms with Gasteiger partial charge in [0, 0.05) is 23.2 Å². The van der Waals surface area contributed by atoms with Crippen LogP contribution in [0.5, 0.6) is 5.75 Å². The van der Waals surface area contributed by atoms with E-state index in [0.717, 1.165) is 28.5 Å². The highest BCUT2D eigenvalue weighted by Gasteiger charge is 2.11. The number of hydrogen-bond acceptors (Lipinski definition) is 4. The van der Waals surface area contributed by atoms with Gasteiger partial charge in [-0.2, -0.15) is 0 Å². The van der Waals surface area contributed by atoms with E-state index < -0.39 is 0 Å². The van der Waals surface area contributed by atoms with Crippen molar-refractivity contribution in [3.63, 3.8) is 0 Å². The molecule has 0 aliphatic heterocycles. The van der Waals surface area contributed by atoms with Crippen LogP contribution >= 0.6 is 11.6 Å². The lowest BCUT2D eigenvalue weighted by Gasteiger charge is -2.16. The molecule has 4 nitrogen and oxygen atoms in total. The van der Waals surface area contributed by atoms with Crippen LogP contribution in [0.25, 0.3) is 11.5 Å². The average molecular weight is 357 g/mol. The molecule has 0 saturated carbocycles. The van der Waals surface area contributed by atoms with Crippen LogP contribution in [0.15, 0.2) is 59.2 Å². The van der Waals surface area contributed by atoms with Gasteiger partial charge in [0.2, 0.25) is 5.89 Å². The van der Waals surface area contributed by atoms with Gasteiger partial charge in [0.25, 0.3) is 0 Å². The summed E-state index contributed by atoms with van der Waals surface area (Å²) in [5.74, 6) is 1.42. The smallest absolute Gasteiger partial charge is 0.226 e. The molecule has 1 aromatic heterocycles. The summed E-state index contributed by atoms with van der Waals surface area (Å²) < 4.78 is 10.8. The molecule has 0 spiro atoms. The van der Waals surface area contributed by atoms with Gasteiger partial charge < -0.3 is 14.5 Å². The molecule has 3 aromatic rings. The fraction of sp³-hybridized carbons (Fsp3) is 0.250. The number of ether oxygens (including phenoxy) is 1. The SMILES string of the molecule is CCC(NCc1coc(-c2ccc(OC)cc2)n1)c1ccc(Cl)cc1. The third kappa shape index (κ3) is 4.41. The summed E-state index contributed by atoms with van der Waals surface area (Å²) in [6, 6.07) is 15.8. The van der Waals surface area contributed by atoms with Gasteiger partial charge in [0.15, 0.2) is 0 Å². The van der Waals surface area contributed by atoms with E-state index in [0.29, 0.717) is 12.4 Å². The molecule has 0 aliphatic rings. The Labute approximate surface area is 152 Å². The predicted octanol–water partition coefficient (Wildman–Crippen LogP) is 5.24. The van der Waals surface area contributed by atoms with Crippen LogP contribution in [-0.2, 0) is 6.54 Å². The summed E-state index contributed by atoms with van der Waals surface area (Å²) in [5.41, 5.74) is 3.01. The summed E-state index contributed by atoms with van der Waals surface area (Å²) >= 11 is 5.96. The summed E-state index contributed by atoms with van der Waals surface area (Å²) in [5, 5.41) is 4.27. The van der Waals surface area contributed by atoms with Crippen LogP contribution in [0.3, 0.4) is 0 Å². The molecular formula is C20H21ClN2O2. The van der Waals surface area contributed by atoms with Gasteiger partial charge in [-0.05, 0) is 48.4 Å². The molecule has 0 amide bonds. The standard InChI is InChI=1S/C20H21ClN2O2/c1-3-19(14-4-8-16(21)9-5-14)22-12-17-13-25-20(23-17)15-6-10-18(24-2)11-7-15/h4-11,13,19,22H,3,12H2,1-2H3. The lowest BCUT2D eigenvalue weighted by Crippen LogP contribution is -2.20. The lowest BCUT2D eigenvalue weighted by molar-refractivity contribution is 0.415. The molecule has 1 heterocycles.